The molecular formula is C20H22F2. The highest BCUT2D eigenvalue weighted by Crippen LogP contribution is 2.32. The molecule has 2 rings (SSSR count). The second-order valence-electron chi connectivity index (χ2n) is 5.68. The van der Waals surface area contributed by atoms with E-state index in [0.29, 0.717) is 5.92 Å². The van der Waals surface area contributed by atoms with Gasteiger partial charge in [0.15, 0.2) is 0 Å². The van der Waals surface area contributed by atoms with Crippen LogP contribution in [0.1, 0.15) is 43.7 Å². The minimum Gasteiger partial charge on any atom is -0.174 e. The van der Waals surface area contributed by atoms with E-state index in [4.69, 9.17) is 0 Å². The van der Waals surface area contributed by atoms with Gasteiger partial charge in [0.25, 0.3) is 6.08 Å². The number of hydrogen-bond acceptors (Lipinski definition) is 0. The van der Waals surface area contributed by atoms with Crippen molar-refractivity contribution < 1.29 is 8.78 Å². The molecule has 0 aliphatic carbocycles. The lowest BCUT2D eigenvalue weighted by Gasteiger charge is -2.17. The fraction of sp³-hybridized carbons (Fsp3) is 0.300. The second kappa shape index (κ2) is 7.88. The lowest BCUT2D eigenvalue weighted by molar-refractivity contribution is 0.418. The molecule has 0 aliphatic heterocycles. The number of allylic oxidation sites excluding steroid dienone is 1. The van der Waals surface area contributed by atoms with Gasteiger partial charge in [0.05, 0.1) is 0 Å². The van der Waals surface area contributed by atoms with E-state index in [1.807, 2.05) is 24.3 Å². The van der Waals surface area contributed by atoms with Crippen LogP contribution in [-0.4, -0.2) is 0 Å². The van der Waals surface area contributed by atoms with Gasteiger partial charge < -0.3 is 0 Å². The number of benzene rings is 2. The number of halogens is 2. The highest BCUT2D eigenvalue weighted by molar-refractivity contribution is 5.68. The molecule has 0 fully saturated rings. The van der Waals surface area contributed by atoms with Crippen LogP contribution in [0.3, 0.4) is 0 Å². The summed E-state index contributed by atoms with van der Waals surface area (Å²) >= 11 is 0. The van der Waals surface area contributed by atoms with Crippen LogP contribution < -0.4 is 0 Å². The van der Waals surface area contributed by atoms with Crippen molar-refractivity contribution in [2.45, 2.75) is 39.0 Å². The summed E-state index contributed by atoms with van der Waals surface area (Å²) in [6, 6.07) is 16.3. The first kappa shape index (κ1) is 16.4. The summed E-state index contributed by atoms with van der Waals surface area (Å²) in [4.78, 5) is 0. The van der Waals surface area contributed by atoms with Gasteiger partial charge in [-0.15, -0.1) is 0 Å². The molecule has 0 spiro atoms. The molecule has 1 atom stereocenters. The van der Waals surface area contributed by atoms with E-state index in [2.05, 4.69) is 38.1 Å². The first-order chi connectivity index (χ1) is 10.6. The zero-order valence-electron chi connectivity index (χ0n) is 13.2. The van der Waals surface area contributed by atoms with Gasteiger partial charge in [0, 0.05) is 0 Å². The Morgan fingerprint density at radius 3 is 2.45 bits per heavy atom. The van der Waals surface area contributed by atoms with Gasteiger partial charge in [-0.25, -0.2) is 0 Å². The fourth-order valence-corrected chi connectivity index (χ4v) is 2.81. The predicted molar refractivity (Wildman–Crippen MR) is 89.2 cm³/mol. The van der Waals surface area contributed by atoms with Crippen LogP contribution in [0.25, 0.3) is 11.1 Å². The molecule has 1 unspecified atom stereocenters. The Labute approximate surface area is 131 Å². The smallest absolute Gasteiger partial charge is 0.174 e. The van der Waals surface area contributed by atoms with Crippen molar-refractivity contribution >= 4 is 0 Å². The Balaban J connectivity index is 2.42. The van der Waals surface area contributed by atoms with Crippen LogP contribution in [0.2, 0.25) is 0 Å². The average molecular weight is 300 g/mol. The minimum atomic E-state index is -1.62. The molecule has 2 aromatic carbocycles. The molecule has 2 aromatic rings. The highest BCUT2D eigenvalue weighted by atomic mass is 19.3. The average Bonchev–Trinajstić information content (AvgIpc) is 2.53. The van der Waals surface area contributed by atoms with Crippen molar-refractivity contribution in [3.63, 3.8) is 0 Å². The van der Waals surface area contributed by atoms with E-state index in [9.17, 15) is 8.78 Å². The quantitative estimate of drug-likeness (QED) is 0.565. The maximum atomic E-state index is 12.3. The summed E-state index contributed by atoms with van der Waals surface area (Å²) in [7, 11) is 0. The summed E-state index contributed by atoms with van der Waals surface area (Å²) in [5.74, 6) is 0.416. The Bertz CT molecular complexity index is 625. The van der Waals surface area contributed by atoms with E-state index in [1.54, 1.807) is 0 Å². The topological polar surface area (TPSA) is 0 Å². The third-order valence-electron chi connectivity index (χ3n) is 3.95. The van der Waals surface area contributed by atoms with Crippen molar-refractivity contribution in [3.8, 4) is 11.1 Å². The summed E-state index contributed by atoms with van der Waals surface area (Å²) in [5, 5.41) is 0. The van der Waals surface area contributed by atoms with Gasteiger partial charge in [-0.2, -0.15) is 8.78 Å². The molecule has 0 aliphatic rings. The molecule has 0 amide bonds. The van der Waals surface area contributed by atoms with Crippen molar-refractivity contribution in [1.29, 1.82) is 0 Å². The molecule has 0 N–H and O–H groups in total. The lowest BCUT2D eigenvalue weighted by atomic mass is 9.87. The van der Waals surface area contributed by atoms with E-state index in [0.717, 1.165) is 24.5 Å². The third-order valence-corrected chi connectivity index (χ3v) is 3.95. The molecule has 0 saturated heterocycles. The summed E-state index contributed by atoms with van der Waals surface area (Å²) in [6.07, 6.45) is 1.85. The van der Waals surface area contributed by atoms with E-state index >= 15 is 0 Å². The Kier molecular flexibility index (Phi) is 5.88. The van der Waals surface area contributed by atoms with Gasteiger partial charge in [-0.05, 0) is 47.1 Å². The van der Waals surface area contributed by atoms with Gasteiger partial charge >= 0.3 is 0 Å². The Morgan fingerprint density at radius 2 is 1.82 bits per heavy atom. The third kappa shape index (κ3) is 4.27. The molecular weight excluding hydrogens is 278 g/mol. The van der Waals surface area contributed by atoms with E-state index in [-0.39, 0.29) is 6.42 Å². The Morgan fingerprint density at radius 1 is 1.09 bits per heavy atom. The molecule has 22 heavy (non-hydrogen) atoms. The maximum Gasteiger partial charge on any atom is 0.266 e. The Hall–Kier alpha value is -1.96. The second-order valence-corrected chi connectivity index (χ2v) is 5.68. The normalized spacial score (nSPS) is 12.0. The zero-order valence-corrected chi connectivity index (χ0v) is 13.2. The minimum absolute atomic E-state index is 0.281. The van der Waals surface area contributed by atoms with Gasteiger partial charge in [-0.3, -0.25) is 0 Å². The first-order valence-corrected chi connectivity index (χ1v) is 7.81. The molecule has 0 nitrogen and oxygen atoms in total. The molecule has 0 aromatic heterocycles. The van der Waals surface area contributed by atoms with Crippen molar-refractivity contribution in [1.82, 2.24) is 0 Å². The molecule has 0 saturated carbocycles. The van der Waals surface area contributed by atoms with Crippen LogP contribution in [0.15, 0.2) is 60.7 Å². The van der Waals surface area contributed by atoms with Crippen LogP contribution in [0, 0.1) is 0 Å². The monoisotopic (exact) mass is 300 g/mol. The maximum absolute atomic E-state index is 12.3. The number of rotatable bonds is 6. The largest absolute Gasteiger partial charge is 0.266 e. The van der Waals surface area contributed by atoms with Crippen molar-refractivity contribution in [2.75, 3.05) is 0 Å². The summed E-state index contributed by atoms with van der Waals surface area (Å²) < 4.78 is 24.6. The molecule has 0 bridgehead atoms. The van der Waals surface area contributed by atoms with E-state index in [1.165, 1.54) is 16.7 Å². The van der Waals surface area contributed by atoms with Crippen LogP contribution in [0.4, 0.5) is 8.78 Å². The van der Waals surface area contributed by atoms with Gasteiger partial charge in [-0.1, -0.05) is 68.8 Å². The first-order valence-electron chi connectivity index (χ1n) is 7.81. The van der Waals surface area contributed by atoms with Gasteiger partial charge in [0.2, 0.25) is 0 Å². The zero-order chi connectivity index (χ0) is 15.9. The summed E-state index contributed by atoms with van der Waals surface area (Å²) in [5.41, 5.74) is 4.57. The highest BCUT2D eigenvalue weighted by Gasteiger charge is 2.12. The molecule has 2 heteroatoms. The van der Waals surface area contributed by atoms with Gasteiger partial charge in [0.1, 0.15) is 0 Å². The molecule has 0 radical (unpaired) electrons. The van der Waals surface area contributed by atoms with Crippen LogP contribution in [-0.2, 0) is 6.42 Å². The fourth-order valence-electron chi connectivity index (χ4n) is 2.81. The predicted octanol–water partition coefficient (Wildman–Crippen LogP) is 6.58. The lowest BCUT2D eigenvalue weighted by Crippen LogP contribution is -1.98. The molecule has 0 heterocycles. The standard InChI is InChI=1S/C20H22F2/c1-3-7-15(2)19-14-16(11-13-20(21)22)10-12-18(19)17-8-5-4-6-9-17/h4-6,8-10,12-15H,3,7,11H2,1-2H3. The SMILES string of the molecule is CCCC(C)c1cc(CC=C(F)F)ccc1-c1ccccc1. The van der Waals surface area contributed by atoms with Crippen LogP contribution in [0.5, 0.6) is 0 Å². The number of hydrogen-bond donors (Lipinski definition) is 0. The van der Waals surface area contributed by atoms with Crippen molar-refractivity contribution in [3.05, 3.63) is 71.8 Å². The summed E-state index contributed by atoms with van der Waals surface area (Å²) in [6.45, 7) is 4.38. The molecule has 116 valence electrons. The van der Waals surface area contributed by atoms with E-state index < -0.39 is 6.08 Å². The van der Waals surface area contributed by atoms with Crippen molar-refractivity contribution in [2.24, 2.45) is 0 Å². The van der Waals surface area contributed by atoms with Crippen LogP contribution >= 0.6 is 0 Å².